The number of aliphatic hydroxyl groups is 1. The third-order valence-corrected chi connectivity index (χ3v) is 2.80. The molecule has 1 fully saturated rings. The van der Waals surface area contributed by atoms with Crippen molar-refractivity contribution in [2.45, 2.75) is 25.6 Å². The Bertz CT molecular complexity index is 321. The van der Waals surface area contributed by atoms with Crippen molar-refractivity contribution in [3.8, 4) is 5.88 Å². The Morgan fingerprint density at radius 3 is 2.69 bits per heavy atom. The van der Waals surface area contributed by atoms with E-state index >= 15 is 0 Å². The zero-order chi connectivity index (χ0) is 11.4. The van der Waals surface area contributed by atoms with Crippen molar-refractivity contribution in [2.24, 2.45) is 0 Å². The molecule has 0 aromatic carbocycles. The molecule has 5 nitrogen and oxygen atoms in total. The average Bonchev–Trinajstić information content (AvgIpc) is 2.33. The van der Waals surface area contributed by atoms with Crippen LogP contribution in [0.15, 0.2) is 12.4 Å². The number of nitrogens with zero attached hydrogens (tertiary/aromatic N) is 3. The largest absolute Gasteiger partial charge is 0.473 e. The Morgan fingerprint density at radius 2 is 2.12 bits per heavy atom. The summed E-state index contributed by atoms with van der Waals surface area (Å²) in [6, 6.07) is 0. The molecule has 1 aromatic rings. The summed E-state index contributed by atoms with van der Waals surface area (Å²) in [7, 11) is 2.12. The van der Waals surface area contributed by atoms with Crippen LogP contribution in [0.25, 0.3) is 0 Å². The summed E-state index contributed by atoms with van der Waals surface area (Å²) < 4.78 is 5.72. The summed E-state index contributed by atoms with van der Waals surface area (Å²) in [5.41, 5.74) is 0.565. The van der Waals surface area contributed by atoms with Gasteiger partial charge in [-0.1, -0.05) is 0 Å². The fourth-order valence-corrected chi connectivity index (χ4v) is 1.76. The predicted octanol–water partition coefficient (Wildman–Crippen LogP) is 0.442. The predicted molar refractivity (Wildman–Crippen MR) is 59.1 cm³/mol. The monoisotopic (exact) mass is 223 g/mol. The van der Waals surface area contributed by atoms with Gasteiger partial charge in [-0.15, -0.1) is 0 Å². The zero-order valence-corrected chi connectivity index (χ0v) is 9.46. The van der Waals surface area contributed by atoms with Gasteiger partial charge in [0, 0.05) is 13.1 Å². The van der Waals surface area contributed by atoms with Gasteiger partial charge in [-0.3, -0.25) is 4.98 Å². The lowest BCUT2D eigenvalue weighted by atomic mass is 10.1. The second kappa shape index (κ2) is 5.23. The first kappa shape index (κ1) is 11.3. The molecule has 0 atom stereocenters. The number of likely N-dealkylation sites (tertiary alicyclic amines) is 1. The van der Waals surface area contributed by atoms with Crippen molar-refractivity contribution in [1.82, 2.24) is 14.9 Å². The average molecular weight is 223 g/mol. The van der Waals surface area contributed by atoms with Gasteiger partial charge in [0.15, 0.2) is 0 Å². The molecule has 88 valence electrons. The smallest absolute Gasteiger partial charge is 0.232 e. The first-order valence-corrected chi connectivity index (χ1v) is 5.55. The van der Waals surface area contributed by atoms with E-state index in [1.165, 1.54) is 0 Å². The van der Waals surface area contributed by atoms with Gasteiger partial charge >= 0.3 is 0 Å². The molecule has 1 aliphatic rings. The Kier molecular flexibility index (Phi) is 3.69. The fourth-order valence-electron chi connectivity index (χ4n) is 1.76. The van der Waals surface area contributed by atoms with Crippen molar-refractivity contribution in [3.63, 3.8) is 0 Å². The molecule has 0 unspecified atom stereocenters. The molecule has 0 bridgehead atoms. The number of aromatic nitrogens is 2. The van der Waals surface area contributed by atoms with E-state index in [9.17, 15) is 0 Å². The van der Waals surface area contributed by atoms with Crippen LogP contribution in [-0.2, 0) is 6.61 Å². The van der Waals surface area contributed by atoms with Crippen LogP contribution < -0.4 is 4.74 Å². The van der Waals surface area contributed by atoms with Crippen LogP contribution in [0.1, 0.15) is 18.5 Å². The summed E-state index contributed by atoms with van der Waals surface area (Å²) in [5.74, 6) is 0.548. The van der Waals surface area contributed by atoms with Crippen LogP contribution in [0.5, 0.6) is 5.88 Å². The minimum Gasteiger partial charge on any atom is -0.473 e. The molecule has 0 aliphatic carbocycles. The number of aliphatic hydroxyl groups excluding tert-OH is 1. The SMILES string of the molecule is CN1CCC(Oc2cnc(CO)cn2)CC1. The lowest BCUT2D eigenvalue weighted by Crippen LogP contribution is -2.35. The molecule has 1 N–H and O–H groups in total. The van der Waals surface area contributed by atoms with E-state index < -0.39 is 0 Å². The van der Waals surface area contributed by atoms with Crippen molar-refractivity contribution in [3.05, 3.63) is 18.1 Å². The summed E-state index contributed by atoms with van der Waals surface area (Å²) in [6.07, 6.45) is 5.42. The molecule has 0 radical (unpaired) electrons. The molecule has 0 saturated carbocycles. The van der Waals surface area contributed by atoms with Crippen LogP contribution in [0.3, 0.4) is 0 Å². The van der Waals surface area contributed by atoms with Gasteiger partial charge < -0.3 is 14.7 Å². The van der Waals surface area contributed by atoms with Gasteiger partial charge in [0.25, 0.3) is 0 Å². The Morgan fingerprint density at radius 1 is 1.38 bits per heavy atom. The first-order valence-electron chi connectivity index (χ1n) is 5.55. The van der Waals surface area contributed by atoms with Crippen molar-refractivity contribution in [2.75, 3.05) is 20.1 Å². The normalized spacial score (nSPS) is 18.6. The highest BCUT2D eigenvalue weighted by molar-refractivity contribution is 5.07. The Balaban J connectivity index is 1.88. The highest BCUT2D eigenvalue weighted by Gasteiger charge is 2.18. The summed E-state index contributed by atoms with van der Waals surface area (Å²) in [5, 5.41) is 8.83. The lowest BCUT2D eigenvalue weighted by Gasteiger charge is -2.28. The summed E-state index contributed by atoms with van der Waals surface area (Å²) in [6.45, 7) is 2.04. The van der Waals surface area contributed by atoms with Gasteiger partial charge in [-0.2, -0.15) is 0 Å². The molecule has 0 amide bonds. The minimum absolute atomic E-state index is 0.0818. The van der Waals surface area contributed by atoms with Gasteiger partial charge in [-0.25, -0.2) is 4.98 Å². The maximum Gasteiger partial charge on any atom is 0.232 e. The number of hydrogen-bond acceptors (Lipinski definition) is 5. The van der Waals surface area contributed by atoms with Crippen LogP contribution in [0.2, 0.25) is 0 Å². The number of ether oxygens (including phenoxy) is 1. The van der Waals surface area contributed by atoms with Crippen LogP contribution in [0, 0.1) is 0 Å². The van der Waals surface area contributed by atoms with E-state index in [2.05, 4.69) is 21.9 Å². The third kappa shape index (κ3) is 2.90. The standard InChI is InChI=1S/C11H17N3O2/c1-14-4-2-10(3-5-14)16-11-7-12-9(8-15)6-13-11/h6-7,10,15H,2-5,8H2,1H3. The molecular weight excluding hydrogens is 206 g/mol. The van der Waals surface area contributed by atoms with Crippen LogP contribution in [0.4, 0.5) is 0 Å². The highest BCUT2D eigenvalue weighted by atomic mass is 16.5. The summed E-state index contributed by atoms with van der Waals surface area (Å²) in [4.78, 5) is 10.4. The molecule has 2 heterocycles. The fraction of sp³-hybridized carbons (Fsp3) is 0.636. The zero-order valence-electron chi connectivity index (χ0n) is 9.46. The Labute approximate surface area is 95.1 Å². The van der Waals surface area contributed by atoms with E-state index in [4.69, 9.17) is 9.84 Å². The van der Waals surface area contributed by atoms with Gasteiger partial charge in [-0.05, 0) is 19.9 Å². The second-order valence-corrected chi connectivity index (χ2v) is 4.12. The number of rotatable bonds is 3. The van der Waals surface area contributed by atoms with Crippen molar-refractivity contribution < 1.29 is 9.84 Å². The molecule has 1 aliphatic heterocycles. The van der Waals surface area contributed by atoms with Crippen LogP contribution >= 0.6 is 0 Å². The maximum absolute atomic E-state index is 8.83. The van der Waals surface area contributed by atoms with Crippen molar-refractivity contribution >= 4 is 0 Å². The molecule has 1 aromatic heterocycles. The number of piperidine rings is 1. The van der Waals surface area contributed by atoms with Gasteiger partial charge in [0.2, 0.25) is 5.88 Å². The molecule has 0 spiro atoms. The first-order chi connectivity index (χ1) is 7.78. The van der Waals surface area contributed by atoms with Crippen LogP contribution in [-0.4, -0.2) is 46.2 Å². The Hall–Kier alpha value is -1.20. The van der Waals surface area contributed by atoms with Gasteiger partial charge in [0.05, 0.1) is 24.7 Å². The molecule has 1 saturated heterocycles. The van der Waals surface area contributed by atoms with E-state index in [-0.39, 0.29) is 12.7 Å². The minimum atomic E-state index is -0.0818. The topological polar surface area (TPSA) is 58.5 Å². The maximum atomic E-state index is 8.83. The van der Waals surface area contributed by atoms with E-state index in [1.54, 1.807) is 12.4 Å². The van der Waals surface area contributed by atoms with E-state index in [1.807, 2.05) is 0 Å². The lowest BCUT2D eigenvalue weighted by molar-refractivity contribution is 0.109. The quantitative estimate of drug-likeness (QED) is 0.806. The molecule has 5 heteroatoms. The van der Waals surface area contributed by atoms with Gasteiger partial charge in [0.1, 0.15) is 6.10 Å². The third-order valence-electron chi connectivity index (χ3n) is 2.80. The second-order valence-electron chi connectivity index (χ2n) is 4.12. The van der Waals surface area contributed by atoms with E-state index in [0.29, 0.717) is 11.6 Å². The molecule has 2 rings (SSSR count). The van der Waals surface area contributed by atoms with Crippen molar-refractivity contribution in [1.29, 1.82) is 0 Å². The molecule has 16 heavy (non-hydrogen) atoms. The number of hydrogen-bond donors (Lipinski definition) is 1. The molecular formula is C11H17N3O2. The van der Waals surface area contributed by atoms with E-state index in [0.717, 1.165) is 25.9 Å². The highest BCUT2D eigenvalue weighted by Crippen LogP contribution is 2.15. The summed E-state index contributed by atoms with van der Waals surface area (Å²) >= 11 is 0.